The average Bonchev–Trinajstić information content (AvgIpc) is 2.79. The van der Waals surface area contributed by atoms with E-state index in [-0.39, 0.29) is 24.4 Å². The number of nitrogens with zero attached hydrogens (tertiary/aromatic N) is 3. The van der Waals surface area contributed by atoms with Crippen LogP contribution in [-0.4, -0.2) is 91.8 Å². The minimum Gasteiger partial charge on any atom is -0.491 e. The number of piperidine rings is 2. The van der Waals surface area contributed by atoms with Gasteiger partial charge >= 0.3 is 0 Å². The van der Waals surface area contributed by atoms with E-state index in [2.05, 4.69) is 9.80 Å². The summed E-state index contributed by atoms with van der Waals surface area (Å²) in [6.45, 7) is 7.97. The minimum absolute atomic E-state index is 0.0831. The Morgan fingerprint density at radius 2 is 1.63 bits per heavy atom. The highest BCUT2D eigenvalue weighted by Crippen LogP contribution is 2.21. The lowest BCUT2D eigenvalue weighted by molar-refractivity contribution is -0.155. The molecule has 3 saturated heterocycles. The zero-order valence-electron chi connectivity index (χ0n) is 17.8. The number of ether oxygens (including phenoxy) is 2. The first-order valence-electron chi connectivity index (χ1n) is 11.4. The molecule has 0 aliphatic carbocycles. The van der Waals surface area contributed by atoms with E-state index >= 15 is 0 Å². The number of carbonyl (C=O) groups excluding carboxylic acids is 1. The molecule has 166 valence electrons. The molecule has 30 heavy (non-hydrogen) atoms. The molecule has 0 radical (unpaired) electrons. The zero-order valence-corrected chi connectivity index (χ0v) is 17.8. The summed E-state index contributed by atoms with van der Waals surface area (Å²) in [5, 5.41) is 0. The second-order valence-corrected chi connectivity index (χ2v) is 8.72. The summed E-state index contributed by atoms with van der Waals surface area (Å²) in [6, 6.07) is 6.28. The maximum absolute atomic E-state index is 13.0. The largest absolute Gasteiger partial charge is 0.491 e. The maximum Gasteiger partial charge on any atom is 0.248 e. The molecule has 1 atom stereocenters. The summed E-state index contributed by atoms with van der Waals surface area (Å²) in [4.78, 5) is 19.6. The SMILES string of the molecule is O=C1CO[C@@H](COc2ccc(F)cc2)CN1C1CCN(CCN2CCCCC2)CC1. The molecule has 1 amide bonds. The Morgan fingerprint density at radius 3 is 2.33 bits per heavy atom. The molecule has 0 aromatic heterocycles. The van der Waals surface area contributed by atoms with Gasteiger partial charge < -0.3 is 24.2 Å². The summed E-state index contributed by atoms with van der Waals surface area (Å²) in [5.41, 5.74) is 0. The molecule has 0 N–H and O–H groups in total. The van der Waals surface area contributed by atoms with Gasteiger partial charge in [0, 0.05) is 32.2 Å². The average molecular weight is 420 g/mol. The highest BCUT2D eigenvalue weighted by Gasteiger charge is 2.33. The summed E-state index contributed by atoms with van der Waals surface area (Å²) >= 11 is 0. The van der Waals surface area contributed by atoms with E-state index in [4.69, 9.17) is 9.47 Å². The van der Waals surface area contributed by atoms with Crippen molar-refractivity contribution in [3.05, 3.63) is 30.1 Å². The van der Waals surface area contributed by atoms with E-state index in [9.17, 15) is 9.18 Å². The van der Waals surface area contributed by atoms with Crippen LogP contribution in [0.2, 0.25) is 0 Å². The van der Waals surface area contributed by atoms with Crippen LogP contribution < -0.4 is 4.74 Å². The van der Waals surface area contributed by atoms with Crippen LogP contribution in [0.15, 0.2) is 24.3 Å². The van der Waals surface area contributed by atoms with Crippen LogP contribution in [0.1, 0.15) is 32.1 Å². The van der Waals surface area contributed by atoms with E-state index in [0.717, 1.165) is 32.5 Å². The van der Waals surface area contributed by atoms with E-state index < -0.39 is 0 Å². The quantitative estimate of drug-likeness (QED) is 0.679. The van der Waals surface area contributed by atoms with Crippen molar-refractivity contribution in [3.63, 3.8) is 0 Å². The third kappa shape index (κ3) is 5.93. The van der Waals surface area contributed by atoms with Crippen LogP contribution in [0.3, 0.4) is 0 Å². The number of hydrogen-bond donors (Lipinski definition) is 0. The molecule has 7 heteroatoms. The molecule has 6 nitrogen and oxygen atoms in total. The van der Waals surface area contributed by atoms with Crippen LogP contribution in [0.5, 0.6) is 5.75 Å². The Labute approximate surface area is 178 Å². The topological polar surface area (TPSA) is 45.3 Å². The lowest BCUT2D eigenvalue weighted by Gasteiger charge is -2.42. The highest BCUT2D eigenvalue weighted by molar-refractivity contribution is 5.78. The number of rotatable bonds is 7. The molecule has 3 heterocycles. The molecular formula is C23H34FN3O3. The smallest absolute Gasteiger partial charge is 0.248 e. The standard InChI is InChI=1S/C23H34FN3O3/c24-19-4-6-21(7-5-19)29-17-22-16-27(23(28)18-30-22)20-8-12-26(13-9-20)15-14-25-10-2-1-3-11-25/h4-7,20,22H,1-3,8-18H2/t22-/m1/s1. The molecule has 3 aliphatic rings. The van der Waals surface area contributed by atoms with E-state index in [0.29, 0.717) is 24.9 Å². The molecule has 3 fully saturated rings. The van der Waals surface area contributed by atoms with Gasteiger partial charge in [0.15, 0.2) is 0 Å². The van der Waals surface area contributed by atoms with Crippen LogP contribution >= 0.6 is 0 Å². The van der Waals surface area contributed by atoms with Crippen LogP contribution in [0.4, 0.5) is 4.39 Å². The van der Waals surface area contributed by atoms with E-state index in [1.54, 1.807) is 12.1 Å². The number of amides is 1. The van der Waals surface area contributed by atoms with Crippen molar-refractivity contribution in [3.8, 4) is 5.75 Å². The summed E-state index contributed by atoms with van der Waals surface area (Å²) in [7, 11) is 0. The molecule has 3 aliphatic heterocycles. The number of halogens is 1. The fourth-order valence-corrected chi connectivity index (χ4v) is 4.74. The third-order valence-electron chi connectivity index (χ3n) is 6.59. The summed E-state index contributed by atoms with van der Waals surface area (Å²) < 4.78 is 24.4. The predicted octanol–water partition coefficient (Wildman–Crippen LogP) is 2.38. The van der Waals surface area contributed by atoms with E-state index in [1.807, 2.05) is 4.90 Å². The normalized spacial score (nSPS) is 24.9. The number of benzene rings is 1. The minimum atomic E-state index is -0.282. The predicted molar refractivity (Wildman–Crippen MR) is 113 cm³/mol. The van der Waals surface area contributed by atoms with Crippen molar-refractivity contribution in [2.24, 2.45) is 0 Å². The molecule has 0 spiro atoms. The Kier molecular flexibility index (Phi) is 7.57. The molecule has 1 aromatic carbocycles. The van der Waals surface area contributed by atoms with Gasteiger partial charge in [-0.05, 0) is 63.0 Å². The van der Waals surface area contributed by atoms with Gasteiger partial charge in [0.2, 0.25) is 5.91 Å². The van der Waals surface area contributed by atoms with Crippen LogP contribution in [0, 0.1) is 5.82 Å². The highest BCUT2D eigenvalue weighted by atomic mass is 19.1. The van der Waals surface area contributed by atoms with Crippen molar-refractivity contribution in [1.29, 1.82) is 0 Å². The van der Waals surface area contributed by atoms with Crippen molar-refractivity contribution < 1.29 is 18.7 Å². The first-order valence-corrected chi connectivity index (χ1v) is 11.4. The molecule has 1 aromatic rings. The fourth-order valence-electron chi connectivity index (χ4n) is 4.74. The Balaban J connectivity index is 1.20. The molecule has 0 unspecified atom stereocenters. The second-order valence-electron chi connectivity index (χ2n) is 8.72. The lowest BCUT2D eigenvalue weighted by Crippen LogP contribution is -2.55. The van der Waals surface area contributed by atoms with Gasteiger partial charge in [-0.3, -0.25) is 4.79 Å². The molecule has 0 bridgehead atoms. The molecule has 4 rings (SSSR count). The number of likely N-dealkylation sites (tertiary alicyclic amines) is 2. The number of carbonyl (C=O) groups is 1. The molecule has 0 saturated carbocycles. The van der Waals surface area contributed by atoms with Gasteiger partial charge in [0.05, 0.1) is 6.54 Å². The summed E-state index contributed by atoms with van der Waals surface area (Å²) in [6.07, 6.45) is 5.96. The van der Waals surface area contributed by atoms with Gasteiger partial charge in [-0.15, -0.1) is 0 Å². The lowest BCUT2D eigenvalue weighted by atomic mass is 10.0. The van der Waals surface area contributed by atoms with Crippen molar-refractivity contribution in [2.45, 2.75) is 44.2 Å². The zero-order chi connectivity index (χ0) is 20.8. The van der Waals surface area contributed by atoms with Gasteiger partial charge in [-0.1, -0.05) is 6.42 Å². The monoisotopic (exact) mass is 419 g/mol. The summed E-state index contributed by atoms with van der Waals surface area (Å²) in [5.74, 6) is 0.417. The fraction of sp³-hybridized carbons (Fsp3) is 0.696. The van der Waals surface area contributed by atoms with Crippen LogP contribution in [-0.2, 0) is 9.53 Å². The van der Waals surface area contributed by atoms with Crippen molar-refractivity contribution in [1.82, 2.24) is 14.7 Å². The van der Waals surface area contributed by atoms with Gasteiger partial charge in [0.25, 0.3) is 0 Å². The van der Waals surface area contributed by atoms with Crippen molar-refractivity contribution >= 4 is 5.91 Å². The Morgan fingerprint density at radius 1 is 0.967 bits per heavy atom. The van der Waals surface area contributed by atoms with Crippen molar-refractivity contribution in [2.75, 3.05) is 59.0 Å². The first-order chi connectivity index (χ1) is 14.7. The van der Waals surface area contributed by atoms with E-state index in [1.165, 1.54) is 51.0 Å². The van der Waals surface area contributed by atoms with Gasteiger partial charge in [-0.25, -0.2) is 4.39 Å². The number of morpholine rings is 1. The Hall–Kier alpha value is -1.70. The van der Waals surface area contributed by atoms with Gasteiger partial charge in [-0.2, -0.15) is 0 Å². The molecular weight excluding hydrogens is 385 g/mol. The Bertz CT molecular complexity index is 673. The first kappa shape index (κ1) is 21.5. The maximum atomic E-state index is 13.0. The number of hydrogen-bond acceptors (Lipinski definition) is 5. The third-order valence-corrected chi connectivity index (χ3v) is 6.59. The second kappa shape index (κ2) is 10.6. The van der Waals surface area contributed by atoms with Gasteiger partial charge in [0.1, 0.15) is 30.9 Å². The van der Waals surface area contributed by atoms with Crippen LogP contribution in [0.25, 0.3) is 0 Å².